The van der Waals surface area contributed by atoms with Gasteiger partial charge in [-0.1, -0.05) is 19.4 Å². The number of hydrogen-bond acceptors (Lipinski definition) is 3. The summed E-state index contributed by atoms with van der Waals surface area (Å²) in [6.45, 7) is 6.71. The Bertz CT molecular complexity index is 400. The van der Waals surface area contributed by atoms with Gasteiger partial charge in [-0.05, 0) is 50.9 Å². The summed E-state index contributed by atoms with van der Waals surface area (Å²) in [7, 11) is 1.97. The third-order valence-electron chi connectivity index (χ3n) is 4.08. The predicted octanol–water partition coefficient (Wildman–Crippen LogP) is 3.55. The molecule has 1 aromatic carbocycles. The van der Waals surface area contributed by atoms with E-state index in [-0.39, 0.29) is 0 Å². The predicted molar refractivity (Wildman–Crippen MR) is 85.8 cm³/mol. The maximum atomic E-state index is 5.99. The molecular formula is C17H28N2O. The van der Waals surface area contributed by atoms with E-state index in [4.69, 9.17) is 4.74 Å². The molecule has 0 atom stereocenters. The smallest absolute Gasteiger partial charge is 0.124 e. The lowest BCUT2D eigenvalue weighted by molar-refractivity contribution is 0.204. The third kappa shape index (κ3) is 4.14. The van der Waals surface area contributed by atoms with Crippen molar-refractivity contribution in [2.75, 3.05) is 38.6 Å². The van der Waals surface area contributed by atoms with Crippen LogP contribution in [0.3, 0.4) is 0 Å². The highest BCUT2D eigenvalue weighted by atomic mass is 16.5. The van der Waals surface area contributed by atoms with Crippen molar-refractivity contribution in [3.63, 3.8) is 0 Å². The summed E-state index contributed by atoms with van der Waals surface area (Å²) in [5, 5.41) is 3.24. The van der Waals surface area contributed by atoms with E-state index in [0.717, 1.165) is 25.2 Å². The Morgan fingerprint density at radius 3 is 2.70 bits per heavy atom. The average molecular weight is 276 g/mol. The van der Waals surface area contributed by atoms with Crippen molar-refractivity contribution < 1.29 is 4.74 Å². The molecule has 0 aromatic heterocycles. The minimum Gasteiger partial charge on any atom is -0.493 e. The molecular weight excluding hydrogens is 248 g/mol. The zero-order valence-electron chi connectivity index (χ0n) is 13.0. The molecule has 1 aliphatic rings. The van der Waals surface area contributed by atoms with Crippen molar-refractivity contribution in [2.24, 2.45) is 0 Å². The number of nitrogens with one attached hydrogen (secondary N) is 1. The second kappa shape index (κ2) is 8.15. The van der Waals surface area contributed by atoms with Crippen LogP contribution in [0.2, 0.25) is 0 Å². The monoisotopic (exact) mass is 276 g/mol. The largest absolute Gasteiger partial charge is 0.493 e. The number of likely N-dealkylation sites (tertiary alicyclic amines) is 1. The third-order valence-corrected chi connectivity index (χ3v) is 4.08. The molecule has 3 heteroatoms. The summed E-state index contributed by atoms with van der Waals surface area (Å²) in [6, 6.07) is 6.25. The van der Waals surface area contributed by atoms with Crippen LogP contribution in [0.25, 0.3) is 0 Å². The summed E-state index contributed by atoms with van der Waals surface area (Å²) in [5.74, 6) is 1.04. The Labute approximate surface area is 123 Å². The molecule has 1 aromatic rings. The molecule has 1 aliphatic heterocycles. The Morgan fingerprint density at radius 2 is 2.00 bits per heavy atom. The van der Waals surface area contributed by atoms with Crippen molar-refractivity contribution in [1.29, 1.82) is 0 Å². The number of hydrogen-bond donors (Lipinski definition) is 1. The first kappa shape index (κ1) is 15.2. The lowest BCUT2D eigenvalue weighted by atomic mass is 10.1. The fourth-order valence-corrected chi connectivity index (χ4v) is 2.95. The molecule has 1 saturated heterocycles. The highest BCUT2D eigenvalue weighted by Crippen LogP contribution is 2.26. The van der Waals surface area contributed by atoms with Gasteiger partial charge in [0.1, 0.15) is 5.75 Å². The molecule has 112 valence electrons. The molecule has 0 saturated carbocycles. The van der Waals surface area contributed by atoms with Crippen LogP contribution in [0, 0.1) is 0 Å². The van der Waals surface area contributed by atoms with Crippen LogP contribution in [0.15, 0.2) is 18.2 Å². The number of nitrogens with zero attached hydrogens (tertiary/aromatic N) is 1. The maximum absolute atomic E-state index is 5.99. The van der Waals surface area contributed by atoms with E-state index in [1.807, 2.05) is 7.05 Å². The van der Waals surface area contributed by atoms with Crippen LogP contribution in [-0.2, 0) is 6.42 Å². The first-order valence-corrected chi connectivity index (χ1v) is 8.00. The van der Waals surface area contributed by atoms with E-state index < -0.39 is 0 Å². The molecule has 0 bridgehead atoms. The minimum atomic E-state index is 0.816. The second-order valence-electron chi connectivity index (χ2n) is 5.49. The SMILES string of the molecule is CCc1c(NC)cccc1OCCCN1CCCCC1. The first-order valence-electron chi connectivity index (χ1n) is 8.00. The molecule has 1 fully saturated rings. The Morgan fingerprint density at radius 1 is 1.20 bits per heavy atom. The Hall–Kier alpha value is -1.22. The molecule has 2 rings (SSSR count). The molecule has 20 heavy (non-hydrogen) atoms. The normalized spacial score (nSPS) is 16.1. The summed E-state index contributed by atoms with van der Waals surface area (Å²) in [5.41, 5.74) is 2.47. The van der Waals surface area contributed by atoms with Crippen molar-refractivity contribution in [2.45, 2.75) is 39.0 Å². The van der Waals surface area contributed by atoms with Crippen LogP contribution in [0.4, 0.5) is 5.69 Å². The molecule has 1 N–H and O–H groups in total. The van der Waals surface area contributed by atoms with Crippen LogP contribution in [0.1, 0.15) is 38.2 Å². The van der Waals surface area contributed by atoms with E-state index in [1.54, 1.807) is 0 Å². The fraction of sp³-hybridized carbons (Fsp3) is 0.647. The quantitative estimate of drug-likeness (QED) is 0.771. The molecule has 0 amide bonds. The van der Waals surface area contributed by atoms with Gasteiger partial charge in [0.05, 0.1) is 6.61 Å². The van der Waals surface area contributed by atoms with Gasteiger partial charge in [0, 0.05) is 24.8 Å². The molecule has 0 radical (unpaired) electrons. The van der Waals surface area contributed by atoms with Gasteiger partial charge in [-0.15, -0.1) is 0 Å². The molecule has 0 unspecified atom stereocenters. The second-order valence-corrected chi connectivity index (χ2v) is 5.49. The summed E-state index contributed by atoms with van der Waals surface area (Å²) in [4.78, 5) is 2.57. The van der Waals surface area contributed by atoms with Gasteiger partial charge < -0.3 is 15.0 Å². The van der Waals surface area contributed by atoms with Gasteiger partial charge in [-0.25, -0.2) is 0 Å². The number of anilines is 1. The standard InChI is InChI=1S/C17H28N2O/c1-3-15-16(18-2)9-7-10-17(15)20-14-8-13-19-11-5-4-6-12-19/h7,9-10,18H,3-6,8,11-14H2,1-2H3. The molecule has 0 spiro atoms. The number of piperidine rings is 1. The number of ether oxygens (including phenoxy) is 1. The first-order chi connectivity index (χ1) is 9.85. The van der Waals surface area contributed by atoms with Crippen molar-refractivity contribution in [3.05, 3.63) is 23.8 Å². The number of rotatable bonds is 7. The van der Waals surface area contributed by atoms with Crippen molar-refractivity contribution in [1.82, 2.24) is 4.90 Å². The molecule has 3 nitrogen and oxygen atoms in total. The van der Waals surface area contributed by atoms with E-state index in [0.29, 0.717) is 0 Å². The zero-order chi connectivity index (χ0) is 14.2. The summed E-state index contributed by atoms with van der Waals surface area (Å²) < 4.78 is 5.99. The van der Waals surface area contributed by atoms with E-state index >= 15 is 0 Å². The van der Waals surface area contributed by atoms with Gasteiger partial charge in [0.25, 0.3) is 0 Å². The van der Waals surface area contributed by atoms with Crippen LogP contribution in [-0.4, -0.2) is 38.2 Å². The highest BCUT2D eigenvalue weighted by Gasteiger charge is 2.10. The maximum Gasteiger partial charge on any atom is 0.124 e. The average Bonchev–Trinajstić information content (AvgIpc) is 2.52. The zero-order valence-corrected chi connectivity index (χ0v) is 13.0. The van der Waals surface area contributed by atoms with Gasteiger partial charge in [0.2, 0.25) is 0 Å². The fourth-order valence-electron chi connectivity index (χ4n) is 2.95. The van der Waals surface area contributed by atoms with Crippen LogP contribution in [0.5, 0.6) is 5.75 Å². The van der Waals surface area contributed by atoms with Gasteiger partial charge in [-0.2, -0.15) is 0 Å². The van der Waals surface area contributed by atoms with Gasteiger partial charge in [-0.3, -0.25) is 0 Å². The Balaban J connectivity index is 1.78. The number of benzene rings is 1. The van der Waals surface area contributed by atoms with Crippen molar-refractivity contribution in [3.8, 4) is 5.75 Å². The minimum absolute atomic E-state index is 0.816. The highest BCUT2D eigenvalue weighted by molar-refractivity contribution is 5.57. The molecule has 1 heterocycles. The van der Waals surface area contributed by atoms with Gasteiger partial charge >= 0.3 is 0 Å². The topological polar surface area (TPSA) is 24.5 Å². The summed E-state index contributed by atoms with van der Waals surface area (Å²) >= 11 is 0. The molecule has 0 aliphatic carbocycles. The van der Waals surface area contributed by atoms with Gasteiger partial charge in [0.15, 0.2) is 0 Å². The summed E-state index contributed by atoms with van der Waals surface area (Å²) in [6.07, 6.45) is 6.26. The Kier molecular flexibility index (Phi) is 6.19. The van der Waals surface area contributed by atoms with E-state index in [1.165, 1.54) is 50.1 Å². The van der Waals surface area contributed by atoms with E-state index in [9.17, 15) is 0 Å². The lowest BCUT2D eigenvalue weighted by Gasteiger charge is -2.26. The lowest BCUT2D eigenvalue weighted by Crippen LogP contribution is -2.31. The van der Waals surface area contributed by atoms with Crippen molar-refractivity contribution >= 4 is 5.69 Å². The van der Waals surface area contributed by atoms with Crippen LogP contribution < -0.4 is 10.1 Å². The van der Waals surface area contributed by atoms with Crippen LogP contribution >= 0.6 is 0 Å². The van der Waals surface area contributed by atoms with E-state index in [2.05, 4.69) is 35.3 Å².